The van der Waals surface area contributed by atoms with E-state index in [1.807, 2.05) is 5.38 Å². The molecular formula is C13H20N8O6S2. The van der Waals surface area contributed by atoms with Gasteiger partial charge in [-0.05, 0) is 6.92 Å². The zero-order valence-electron chi connectivity index (χ0n) is 15.5. The first-order valence-electron chi connectivity index (χ1n) is 8.01. The summed E-state index contributed by atoms with van der Waals surface area (Å²) in [6, 6.07) is -0.671. The van der Waals surface area contributed by atoms with Crippen LogP contribution in [0.1, 0.15) is 18.3 Å². The number of aromatic nitrogens is 3. The van der Waals surface area contributed by atoms with E-state index in [-0.39, 0.29) is 5.69 Å². The van der Waals surface area contributed by atoms with E-state index in [2.05, 4.69) is 19.4 Å². The molecule has 0 radical (unpaired) electrons. The minimum atomic E-state index is -4.78. The van der Waals surface area contributed by atoms with Gasteiger partial charge in [0.25, 0.3) is 0 Å². The van der Waals surface area contributed by atoms with Gasteiger partial charge in [-0.15, -0.1) is 20.7 Å². The van der Waals surface area contributed by atoms with Crippen LogP contribution in [-0.2, 0) is 34.8 Å². The van der Waals surface area contributed by atoms with Crippen LogP contribution in [0.15, 0.2) is 16.6 Å². The van der Waals surface area contributed by atoms with Crippen LogP contribution in [0.4, 0.5) is 15.6 Å². The summed E-state index contributed by atoms with van der Waals surface area (Å²) in [5.74, 6) is 0. The minimum Gasteiger partial charge on any atom is -0.375 e. The van der Waals surface area contributed by atoms with Gasteiger partial charge in [0.1, 0.15) is 12.0 Å². The van der Waals surface area contributed by atoms with E-state index in [0.717, 1.165) is 5.69 Å². The number of rotatable bonds is 6. The number of amides is 2. The van der Waals surface area contributed by atoms with E-state index in [4.69, 9.17) is 15.5 Å². The SMILES string of the molecule is CCN1Cc2c(cnn2C)N(OS(=O)(=O)O)C1=O.Nc1nc(CN=CNO)cs1. The third-order valence-corrected chi connectivity index (χ3v) is 4.63. The summed E-state index contributed by atoms with van der Waals surface area (Å²) in [6.45, 7) is 2.84. The Morgan fingerprint density at radius 2 is 2.24 bits per heavy atom. The number of aryl methyl sites for hydroxylation is 1. The number of nitrogen functional groups attached to an aromatic ring is 1. The Labute approximate surface area is 170 Å². The molecule has 160 valence electrons. The molecule has 14 nitrogen and oxygen atoms in total. The van der Waals surface area contributed by atoms with Crippen molar-refractivity contribution >= 4 is 44.9 Å². The van der Waals surface area contributed by atoms with Gasteiger partial charge in [-0.3, -0.25) is 24.9 Å². The molecule has 0 aromatic carbocycles. The van der Waals surface area contributed by atoms with Crippen molar-refractivity contribution < 1.29 is 27.3 Å². The number of aliphatic imine (C=N–C) groups is 1. The first kappa shape index (κ1) is 22.5. The van der Waals surface area contributed by atoms with Crippen molar-refractivity contribution in [2.45, 2.75) is 20.0 Å². The number of hydrogen-bond acceptors (Lipinski definition) is 10. The molecule has 0 unspecified atom stereocenters. The van der Waals surface area contributed by atoms with Gasteiger partial charge >= 0.3 is 16.4 Å². The first-order valence-corrected chi connectivity index (χ1v) is 10.3. The molecule has 2 amide bonds. The average molecular weight is 448 g/mol. The standard InChI is InChI=1S/C8H12N4O5S.C5H8N4OS/c1-3-11-5-7-6(4-9-10(7)2)12(8(11)13)17-18(14,15)16;6-5-9-4(2-11-5)1-7-3-8-10/h4H,3,5H2,1-2H3,(H,14,15,16);2-3,10H,1H2,(H2,6,9)(H,7,8). The second-order valence-electron chi connectivity index (χ2n) is 5.47. The molecule has 0 saturated carbocycles. The lowest BCUT2D eigenvalue weighted by Gasteiger charge is -2.32. The van der Waals surface area contributed by atoms with Crippen molar-refractivity contribution in [2.75, 3.05) is 17.3 Å². The number of hydroxylamine groups is 2. The van der Waals surface area contributed by atoms with Crippen LogP contribution in [0.25, 0.3) is 0 Å². The molecule has 0 bridgehead atoms. The monoisotopic (exact) mass is 448 g/mol. The number of anilines is 2. The normalized spacial score (nSPS) is 14.0. The molecule has 2 aromatic heterocycles. The van der Waals surface area contributed by atoms with Gasteiger partial charge in [0, 0.05) is 19.0 Å². The smallest absolute Gasteiger partial charge is 0.375 e. The predicted octanol–water partition coefficient (Wildman–Crippen LogP) is 0.149. The maximum absolute atomic E-state index is 11.9. The maximum atomic E-state index is 11.9. The molecular weight excluding hydrogens is 428 g/mol. The molecule has 0 fully saturated rings. The molecule has 1 aliphatic rings. The summed E-state index contributed by atoms with van der Waals surface area (Å²) in [6.07, 6.45) is 2.49. The summed E-state index contributed by atoms with van der Waals surface area (Å²) in [7, 11) is -3.12. The highest BCUT2D eigenvalue weighted by Gasteiger charge is 2.35. The summed E-state index contributed by atoms with van der Waals surface area (Å²) in [5, 5.41) is 14.9. The average Bonchev–Trinajstić information content (AvgIpc) is 3.23. The fourth-order valence-electron chi connectivity index (χ4n) is 2.27. The largest absolute Gasteiger partial charge is 0.419 e. The Balaban J connectivity index is 0.000000234. The van der Waals surface area contributed by atoms with Crippen LogP contribution in [0.5, 0.6) is 0 Å². The van der Waals surface area contributed by atoms with E-state index >= 15 is 0 Å². The van der Waals surface area contributed by atoms with Crippen molar-refractivity contribution in [1.82, 2.24) is 25.1 Å². The molecule has 0 aliphatic carbocycles. The number of fused-ring (bicyclic) bond motifs is 1. The number of nitrogens with zero attached hydrogens (tertiary/aromatic N) is 6. The summed E-state index contributed by atoms with van der Waals surface area (Å²) in [5.41, 5.74) is 8.79. The second kappa shape index (κ2) is 9.61. The summed E-state index contributed by atoms with van der Waals surface area (Å²) in [4.78, 5) is 21.0. The second-order valence-corrected chi connectivity index (χ2v) is 7.36. The zero-order valence-corrected chi connectivity index (χ0v) is 17.1. The number of nitrogens with one attached hydrogen (secondary N) is 1. The maximum Gasteiger partial charge on any atom is 0.419 e. The molecule has 3 rings (SSSR count). The molecule has 0 atom stereocenters. The van der Waals surface area contributed by atoms with Crippen LogP contribution < -0.4 is 16.3 Å². The Kier molecular flexibility index (Phi) is 7.46. The molecule has 0 saturated heterocycles. The fraction of sp³-hybridized carbons (Fsp3) is 0.385. The quantitative estimate of drug-likeness (QED) is 0.205. The molecule has 5 N–H and O–H groups in total. The van der Waals surface area contributed by atoms with E-state index in [1.54, 1.807) is 19.5 Å². The zero-order chi connectivity index (χ0) is 21.6. The number of carbonyl (C=O) groups excluding carboxylic acids is 1. The van der Waals surface area contributed by atoms with Crippen LogP contribution in [0.2, 0.25) is 0 Å². The summed E-state index contributed by atoms with van der Waals surface area (Å²) >= 11 is 1.37. The molecule has 3 heterocycles. The van der Waals surface area contributed by atoms with Gasteiger partial charge in [0.15, 0.2) is 5.13 Å². The van der Waals surface area contributed by atoms with E-state index in [1.165, 1.54) is 33.5 Å². The highest BCUT2D eigenvalue weighted by atomic mass is 32.3. The van der Waals surface area contributed by atoms with Gasteiger partial charge in [-0.2, -0.15) is 13.5 Å². The van der Waals surface area contributed by atoms with Gasteiger partial charge in [-0.1, -0.05) is 0 Å². The Bertz CT molecular complexity index is 972. The Hall–Kier alpha value is -2.79. The molecule has 16 heteroatoms. The van der Waals surface area contributed by atoms with E-state index < -0.39 is 16.4 Å². The lowest BCUT2D eigenvalue weighted by atomic mass is 10.3. The van der Waals surface area contributed by atoms with Crippen molar-refractivity contribution in [3.63, 3.8) is 0 Å². The van der Waals surface area contributed by atoms with Crippen LogP contribution in [-0.4, -0.2) is 56.8 Å². The lowest BCUT2D eigenvalue weighted by molar-refractivity contribution is 0.160. The van der Waals surface area contributed by atoms with Crippen LogP contribution >= 0.6 is 11.3 Å². The third-order valence-electron chi connectivity index (χ3n) is 3.57. The van der Waals surface area contributed by atoms with E-state index in [9.17, 15) is 13.2 Å². The molecule has 1 aliphatic heterocycles. The number of carbonyl (C=O) groups is 1. The predicted molar refractivity (Wildman–Crippen MR) is 103 cm³/mol. The molecule has 2 aromatic rings. The topological polar surface area (TPSA) is 188 Å². The van der Waals surface area contributed by atoms with Crippen molar-refractivity contribution in [3.8, 4) is 0 Å². The number of hydrogen-bond donors (Lipinski definition) is 4. The van der Waals surface area contributed by atoms with Crippen molar-refractivity contribution in [1.29, 1.82) is 0 Å². The Morgan fingerprint density at radius 3 is 2.79 bits per heavy atom. The van der Waals surface area contributed by atoms with Crippen molar-refractivity contribution in [2.24, 2.45) is 12.0 Å². The van der Waals surface area contributed by atoms with Gasteiger partial charge in [0.2, 0.25) is 0 Å². The molecule has 29 heavy (non-hydrogen) atoms. The first-order chi connectivity index (χ1) is 13.7. The third kappa shape index (κ3) is 6.09. The lowest BCUT2D eigenvalue weighted by Crippen LogP contribution is -2.47. The van der Waals surface area contributed by atoms with Gasteiger partial charge in [0.05, 0.1) is 30.7 Å². The van der Waals surface area contributed by atoms with Crippen LogP contribution in [0.3, 0.4) is 0 Å². The minimum absolute atomic E-state index is 0.199. The van der Waals surface area contributed by atoms with E-state index in [0.29, 0.717) is 35.5 Å². The summed E-state index contributed by atoms with van der Waals surface area (Å²) < 4.78 is 36.0. The molecule has 0 spiro atoms. The fourth-order valence-corrected chi connectivity index (χ4v) is 3.16. The van der Waals surface area contributed by atoms with Gasteiger partial charge < -0.3 is 10.6 Å². The Morgan fingerprint density at radius 1 is 1.52 bits per heavy atom. The number of nitrogens with two attached hydrogens (primary N) is 1. The highest BCUT2D eigenvalue weighted by Crippen LogP contribution is 2.28. The highest BCUT2D eigenvalue weighted by molar-refractivity contribution is 7.81. The van der Waals surface area contributed by atoms with Crippen molar-refractivity contribution in [3.05, 3.63) is 23.0 Å². The number of thiazole rings is 1. The number of urea groups is 1. The van der Waals surface area contributed by atoms with Gasteiger partial charge in [-0.25, -0.2) is 9.78 Å². The van der Waals surface area contributed by atoms with Crippen LogP contribution in [0, 0.1) is 0 Å².